The summed E-state index contributed by atoms with van der Waals surface area (Å²) in [7, 11) is 1.52. The van der Waals surface area contributed by atoms with E-state index in [4.69, 9.17) is 4.74 Å². The Labute approximate surface area is 82.5 Å². The van der Waals surface area contributed by atoms with Crippen LogP contribution >= 0.6 is 0 Å². The van der Waals surface area contributed by atoms with Crippen LogP contribution in [0, 0.1) is 0 Å². The third-order valence-corrected chi connectivity index (χ3v) is 1.65. The summed E-state index contributed by atoms with van der Waals surface area (Å²) in [5, 5.41) is 2.70. The summed E-state index contributed by atoms with van der Waals surface area (Å²) >= 11 is 0. The van der Waals surface area contributed by atoms with Crippen molar-refractivity contribution in [2.24, 2.45) is 0 Å². The van der Waals surface area contributed by atoms with Crippen LogP contribution in [0.5, 0.6) is 6.01 Å². The molecule has 76 valence electrons. The molecule has 0 fully saturated rings. The van der Waals surface area contributed by atoms with Gasteiger partial charge in [0.1, 0.15) is 0 Å². The molecule has 0 spiro atoms. The van der Waals surface area contributed by atoms with E-state index in [-0.39, 0.29) is 5.91 Å². The number of carbonyl (C=O) groups excluding carboxylic acids is 1. The molecular weight excluding hydrogens is 182 g/mol. The molecule has 0 aliphatic heterocycles. The van der Waals surface area contributed by atoms with Crippen molar-refractivity contribution < 1.29 is 9.53 Å². The second-order valence-electron chi connectivity index (χ2n) is 2.81. The van der Waals surface area contributed by atoms with Gasteiger partial charge >= 0.3 is 6.01 Å². The molecule has 1 aromatic heterocycles. The summed E-state index contributed by atoms with van der Waals surface area (Å²) in [6.07, 6.45) is 4.10. The zero-order chi connectivity index (χ0) is 10.4. The van der Waals surface area contributed by atoms with Gasteiger partial charge in [-0.05, 0) is 12.0 Å². The summed E-state index contributed by atoms with van der Waals surface area (Å²) in [5.74, 6) is -0.0283. The highest BCUT2D eigenvalue weighted by atomic mass is 16.5. The van der Waals surface area contributed by atoms with E-state index in [0.29, 0.717) is 12.6 Å². The van der Waals surface area contributed by atoms with Crippen LogP contribution in [0.2, 0.25) is 0 Å². The van der Waals surface area contributed by atoms with Crippen LogP contribution in [0.25, 0.3) is 0 Å². The largest absolute Gasteiger partial charge is 0.467 e. The van der Waals surface area contributed by atoms with Crippen LogP contribution in [0.4, 0.5) is 0 Å². The number of nitrogens with zero attached hydrogens (tertiary/aromatic N) is 2. The van der Waals surface area contributed by atoms with Crippen molar-refractivity contribution in [3.8, 4) is 6.01 Å². The first kappa shape index (κ1) is 10.4. The minimum absolute atomic E-state index is 0.0283. The monoisotopic (exact) mass is 195 g/mol. The molecule has 5 nitrogen and oxygen atoms in total. The minimum atomic E-state index is -0.0283. The fraction of sp³-hybridized carbons (Fsp3) is 0.444. The molecule has 1 amide bonds. The molecule has 14 heavy (non-hydrogen) atoms. The number of ether oxygens (including phenoxy) is 1. The maximum absolute atomic E-state index is 10.6. The molecule has 1 heterocycles. The molecule has 1 rings (SSSR count). The van der Waals surface area contributed by atoms with Crippen molar-refractivity contribution in [1.29, 1.82) is 0 Å². The van der Waals surface area contributed by atoms with Crippen LogP contribution in [0.3, 0.4) is 0 Å². The summed E-state index contributed by atoms with van der Waals surface area (Å²) in [6.45, 7) is 2.09. The van der Waals surface area contributed by atoms with Gasteiger partial charge in [-0.25, -0.2) is 9.97 Å². The lowest BCUT2D eigenvalue weighted by molar-refractivity contribution is -0.118. The molecular formula is C9H13N3O2. The summed E-state index contributed by atoms with van der Waals surface area (Å²) in [5.41, 5.74) is 0.972. The zero-order valence-corrected chi connectivity index (χ0v) is 8.28. The Morgan fingerprint density at radius 1 is 1.50 bits per heavy atom. The quantitative estimate of drug-likeness (QED) is 0.743. The van der Waals surface area contributed by atoms with E-state index < -0.39 is 0 Å². The summed E-state index contributed by atoms with van der Waals surface area (Å²) in [4.78, 5) is 18.5. The second kappa shape index (κ2) is 5.16. The number of aromatic nitrogens is 2. The van der Waals surface area contributed by atoms with E-state index in [1.807, 2.05) is 0 Å². The van der Waals surface area contributed by atoms with Gasteiger partial charge in [-0.3, -0.25) is 4.79 Å². The van der Waals surface area contributed by atoms with Gasteiger partial charge in [-0.15, -0.1) is 0 Å². The Hall–Kier alpha value is -1.65. The normalized spacial score (nSPS) is 9.57. The molecule has 0 saturated carbocycles. The van der Waals surface area contributed by atoms with Gasteiger partial charge in [-0.2, -0.15) is 0 Å². The molecule has 0 radical (unpaired) electrons. The van der Waals surface area contributed by atoms with Crippen molar-refractivity contribution in [1.82, 2.24) is 15.3 Å². The number of amides is 1. The van der Waals surface area contributed by atoms with Crippen molar-refractivity contribution in [3.63, 3.8) is 0 Å². The first-order chi connectivity index (χ1) is 6.72. The first-order valence-corrected chi connectivity index (χ1v) is 4.31. The maximum atomic E-state index is 10.6. The van der Waals surface area contributed by atoms with Crippen LogP contribution < -0.4 is 10.1 Å². The molecule has 1 N–H and O–H groups in total. The Balaban J connectivity index is 2.40. The molecule has 0 aliphatic carbocycles. The second-order valence-corrected chi connectivity index (χ2v) is 2.81. The van der Waals surface area contributed by atoms with Crippen LogP contribution in [0.1, 0.15) is 12.5 Å². The average Bonchev–Trinajstić information content (AvgIpc) is 2.18. The Morgan fingerprint density at radius 2 is 2.14 bits per heavy atom. The third-order valence-electron chi connectivity index (χ3n) is 1.65. The molecule has 0 aliphatic rings. The Kier molecular flexibility index (Phi) is 3.84. The summed E-state index contributed by atoms with van der Waals surface area (Å²) in [6, 6.07) is 0.355. The number of methoxy groups -OCH3 is 1. The maximum Gasteiger partial charge on any atom is 0.316 e. The lowest BCUT2D eigenvalue weighted by Crippen LogP contribution is -2.22. The van der Waals surface area contributed by atoms with Crippen LogP contribution in [-0.2, 0) is 11.2 Å². The molecule has 0 bridgehead atoms. The van der Waals surface area contributed by atoms with Gasteiger partial charge in [0.25, 0.3) is 0 Å². The van der Waals surface area contributed by atoms with Crippen molar-refractivity contribution in [2.45, 2.75) is 13.3 Å². The molecule has 0 unspecified atom stereocenters. The van der Waals surface area contributed by atoms with E-state index in [1.165, 1.54) is 14.0 Å². The fourth-order valence-electron chi connectivity index (χ4n) is 0.960. The van der Waals surface area contributed by atoms with E-state index in [2.05, 4.69) is 15.3 Å². The van der Waals surface area contributed by atoms with Gasteiger partial charge < -0.3 is 10.1 Å². The topological polar surface area (TPSA) is 64.1 Å². The highest BCUT2D eigenvalue weighted by Gasteiger charge is 1.97. The van der Waals surface area contributed by atoms with E-state index in [0.717, 1.165) is 12.0 Å². The van der Waals surface area contributed by atoms with Gasteiger partial charge in [0, 0.05) is 25.9 Å². The van der Waals surface area contributed by atoms with Gasteiger partial charge in [0.05, 0.1) is 7.11 Å². The Bertz CT molecular complexity index is 297. The van der Waals surface area contributed by atoms with E-state index >= 15 is 0 Å². The molecule has 5 heteroatoms. The lowest BCUT2D eigenvalue weighted by atomic mass is 10.2. The standard InChI is InChI=1S/C9H13N3O2/c1-7(13)10-4-3-8-5-11-9(14-2)12-6-8/h5-6H,3-4H2,1-2H3,(H,10,13). The fourth-order valence-corrected chi connectivity index (χ4v) is 0.960. The summed E-state index contributed by atoms with van der Waals surface area (Å²) < 4.78 is 4.82. The van der Waals surface area contributed by atoms with Gasteiger partial charge in [0.15, 0.2) is 0 Å². The van der Waals surface area contributed by atoms with Crippen molar-refractivity contribution in [2.75, 3.05) is 13.7 Å². The highest BCUT2D eigenvalue weighted by Crippen LogP contribution is 2.01. The van der Waals surface area contributed by atoms with E-state index in [9.17, 15) is 4.79 Å². The molecule has 0 aromatic carbocycles. The SMILES string of the molecule is COc1ncc(CCNC(C)=O)cn1. The molecule has 0 atom stereocenters. The average molecular weight is 195 g/mol. The smallest absolute Gasteiger partial charge is 0.316 e. The predicted octanol–water partition coefficient (Wildman–Crippen LogP) is 0.164. The molecule has 0 saturated heterocycles. The van der Waals surface area contributed by atoms with Crippen LogP contribution in [0.15, 0.2) is 12.4 Å². The van der Waals surface area contributed by atoms with Crippen molar-refractivity contribution in [3.05, 3.63) is 18.0 Å². The van der Waals surface area contributed by atoms with Crippen LogP contribution in [-0.4, -0.2) is 29.5 Å². The predicted molar refractivity (Wildman–Crippen MR) is 51.0 cm³/mol. The number of rotatable bonds is 4. The van der Waals surface area contributed by atoms with Crippen molar-refractivity contribution >= 4 is 5.91 Å². The number of carbonyl (C=O) groups is 1. The number of nitrogens with one attached hydrogen (secondary N) is 1. The highest BCUT2D eigenvalue weighted by molar-refractivity contribution is 5.72. The molecule has 1 aromatic rings. The third kappa shape index (κ3) is 3.38. The minimum Gasteiger partial charge on any atom is -0.467 e. The lowest BCUT2D eigenvalue weighted by Gasteiger charge is -2.02. The number of hydrogen-bond donors (Lipinski definition) is 1. The number of hydrogen-bond acceptors (Lipinski definition) is 4. The van der Waals surface area contributed by atoms with E-state index in [1.54, 1.807) is 12.4 Å². The Morgan fingerprint density at radius 3 is 2.64 bits per heavy atom. The van der Waals surface area contributed by atoms with Gasteiger partial charge in [-0.1, -0.05) is 0 Å². The first-order valence-electron chi connectivity index (χ1n) is 4.31. The van der Waals surface area contributed by atoms with Gasteiger partial charge in [0.2, 0.25) is 5.91 Å². The zero-order valence-electron chi connectivity index (χ0n) is 8.28.